The largest absolute Gasteiger partial charge is 0.469 e. The third-order valence-electron chi connectivity index (χ3n) is 2.63. The molecule has 1 aromatic carbocycles. The van der Waals surface area contributed by atoms with Crippen LogP contribution in [0.1, 0.15) is 35.2 Å². The normalized spacial score (nSPS) is 11.7. The first-order valence-electron chi connectivity index (χ1n) is 5.40. The van der Waals surface area contributed by atoms with Crippen LogP contribution in [0, 0.1) is 0 Å². The van der Waals surface area contributed by atoms with Crippen LogP contribution in [0.15, 0.2) is 24.3 Å². The molecule has 0 aliphatic rings. The number of methoxy groups -OCH3 is 2. The van der Waals surface area contributed by atoms with Gasteiger partial charge in [0.1, 0.15) is 0 Å². The van der Waals surface area contributed by atoms with Crippen molar-refractivity contribution in [3.8, 4) is 0 Å². The van der Waals surface area contributed by atoms with Gasteiger partial charge in [0.2, 0.25) is 0 Å². The van der Waals surface area contributed by atoms with Crippen molar-refractivity contribution in [3.05, 3.63) is 35.4 Å². The first kappa shape index (κ1) is 13.2. The number of hydrogen-bond donors (Lipinski definition) is 0. The summed E-state index contributed by atoms with van der Waals surface area (Å²) in [6.07, 6.45) is 0.657. The Hall–Kier alpha value is -1.84. The number of carbonyl (C=O) groups excluding carboxylic acids is 2. The van der Waals surface area contributed by atoms with Crippen LogP contribution >= 0.6 is 0 Å². The van der Waals surface area contributed by atoms with E-state index in [0.29, 0.717) is 12.0 Å². The summed E-state index contributed by atoms with van der Waals surface area (Å²) >= 11 is 0. The molecule has 92 valence electrons. The fourth-order valence-corrected chi connectivity index (χ4v) is 1.65. The minimum Gasteiger partial charge on any atom is -0.469 e. The minimum absolute atomic E-state index is 0.265. The Morgan fingerprint density at radius 3 is 2.12 bits per heavy atom. The average Bonchev–Trinajstić information content (AvgIpc) is 2.39. The molecular formula is C13H16O4. The van der Waals surface area contributed by atoms with Crippen LogP contribution in [0.2, 0.25) is 0 Å². The highest BCUT2D eigenvalue weighted by molar-refractivity contribution is 5.89. The van der Waals surface area contributed by atoms with E-state index in [1.807, 2.05) is 6.92 Å². The zero-order chi connectivity index (χ0) is 12.8. The molecule has 0 saturated carbocycles. The van der Waals surface area contributed by atoms with E-state index in [1.165, 1.54) is 14.2 Å². The Labute approximate surface area is 101 Å². The zero-order valence-corrected chi connectivity index (χ0v) is 10.2. The summed E-state index contributed by atoms with van der Waals surface area (Å²) in [5.74, 6) is -0.937. The molecule has 17 heavy (non-hydrogen) atoms. The average molecular weight is 236 g/mol. The molecule has 0 N–H and O–H groups in total. The van der Waals surface area contributed by atoms with E-state index in [0.717, 1.165) is 5.56 Å². The number of carbonyl (C=O) groups is 2. The lowest BCUT2D eigenvalue weighted by atomic mass is 9.96. The molecular weight excluding hydrogens is 220 g/mol. The highest BCUT2D eigenvalue weighted by Crippen LogP contribution is 2.21. The van der Waals surface area contributed by atoms with Crippen LogP contribution in [-0.4, -0.2) is 26.2 Å². The van der Waals surface area contributed by atoms with Gasteiger partial charge in [-0.25, -0.2) is 4.79 Å². The van der Waals surface area contributed by atoms with Gasteiger partial charge in [-0.3, -0.25) is 4.79 Å². The summed E-state index contributed by atoms with van der Waals surface area (Å²) < 4.78 is 9.33. The molecule has 0 aliphatic heterocycles. The zero-order valence-electron chi connectivity index (χ0n) is 10.2. The predicted molar refractivity (Wildman–Crippen MR) is 62.8 cm³/mol. The lowest BCUT2D eigenvalue weighted by Crippen LogP contribution is -2.13. The maximum atomic E-state index is 11.5. The van der Waals surface area contributed by atoms with Crippen molar-refractivity contribution < 1.29 is 19.1 Å². The van der Waals surface area contributed by atoms with Crippen molar-refractivity contribution in [1.82, 2.24) is 0 Å². The first-order chi connectivity index (χ1) is 8.13. The summed E-state index contributed by atoms with van der Waals surface area (Å²) in [5.41, 5.74) is 1.31. The molecule has 4 heteroatoms. The van der Waals surface area contributed by atoms with E-state index in [2.05, 4.69) is 4.74 Å². The first-order valence-corrected chi connectivity index (χ1v) is 5.40. The van der Waals surface area contributed by atoms with Crippen LogP contribution in [0.4, 0.5) is 0 Å². The number of hydrogen-bond acceptors (Lipinski definition) is 4. The van der Waals surface area contributed by atoms with Gasteiger partial charge in [0, 0.05) is 0 Å². The Morgan fingerprint density at radius 1 is 1.12 bits per heavy atom. The van der Waals surface area contributed by atoms with Gasteiger partial charge in [0.25, 0.3) is 0 Å². The molecule has 0 bridgehead atoms. The van der Waals surface area contributed by atoms with E-state index < -0.39 is 0 Å². The highest BCUT2D eigenvalue weighted by Gasteiger charge is 2.19. The number of ether oxygens (including phenoxy) is 2. The van der Waals surface area contributed by atoms with Gasteiger partial charge >= 0.3 is 11.9 Å². The van der Waals surface area contributed by atoms with Crippen molar-refractivity contribution in [2.75, 3.05) is 14.2 Å². The SMILES string of the molecule is CCC(C(=O)OC)c1ccc(C(=O)OC)cc1. The minimum atomic E-state index is -0.386. The number of rotatable bonds is 4. The summed E-state index contributed by atoms with van der Waals surface area (Å²) in [4.78, 5) is 22.7. The summed E-state index contributed by atoms with van der Waals surface area (Å²) in [6.45, 7) is 1.91. The monoisotopic (exact) mass is 236 g/mol. The van der Waals surface area contributed by atoms with Gasteiger partial charge in [0.05, 0.1) is 25.7 Å². The third-order valence-corrected chi connectivity index (χ3v) is 2.63. The van der Waals surface area contributed by atoms with E-state index in [1.54, 1.807) is 24.3 Å². The third kappa shape index (κ3) is 3.06. The van der Waals surface area contributed by atoms with Crippen LogP contribution in [0.5, 0.6) is 0 Å². The Kier molecular flexibility index (Phi) is 4.69. The van der Waals surface area contributed by atoms with Gasteiger partial charge in [-0.2, -0.15) is 0 Å². The van der Waals surface area contributed by atoms with Crippen LogP contribution in [-0.2, 0) is 14.3 Å². The Morgan fingerprint density at radius 2 is 1.71 bits per heavy atom. The molecule has 0 fully saturated rings. The van der Waals surface area contributed by atoms with E-state index >= 15 is 0 Å². The smallest absolute Gasteiger partial charge is 0.337 e. The molecule has 0 aromatic heterocycles. The summed E-state index contributed by atoms with van der Waals surface area (Å²) in [5, 5.41) is 0. The second kappa shape index (κ2) is 6.03. The van der Waals surface area contributed by atoms with Gasteiger partial charge in [-0.15, -0.1) is 0 Å². The standard InChI is InChI=1S/C13H16O4/c1-4-11(13(15)17-3)9-5-7-10(8-6-9)12(14)16-2/h5-8,11H,4H2,1-3H3. The molecule has 0 spiro atoms. The van der Waals surface area contributed by atoms with Gasteiger partial charge in [-0.05, 0) is 24.1 Å². The fraction of sp³-hybridized carbons (Fsp3) is 0.385. The van der Waals surface area contributed by atoms with Crippen LogP contribution in [0.3, 0.4) is 0 Å². The Balaban J connectivity index is 2.92. The summed E-state index contributed by atoms with van der Waals surface area (Å²) in [7, 11) is 2.70. The maximum absolute atomic E-state index is 11.5. The Bertz CT molecular complexity index is 394. The van der Waals surface area contributed by atoms with Gasteiger partial charge < -0.3 is 9.47 Å². The number of esters is 2. The van der Waals surface area contributed by atoms with Crippen molar-refractivity contribution in [2.24, 2.45) is 0 Å². The highest BCUT2D eigenvalue weighted by atomic mass is 16.5. The van der Waals surface area contributed by atoms with Crippen LogP contribution < -0.4 is 0 Å². The molecule has 1 rings (SSSR count). The quantitative estimate of drug-likeness (QED) is 0.751. The van der Waals surface area contributed by atoms with Gasteiger partial charge in [0.15, 0.2) is 0 Å². The fourth-order valence-electron chi connectivity index (χ4n) is 1.65. The molecule has 0 heterocycles. The molecule has 0 radical (unpaired) electrons. The van der Waals surface area contributed by atoms with E-state index in [4.69, 9.17) is 4.74 Å². The molecule has 1 atom stereocenters. The van der Waals surface area contributed by atoms with Crippen LogP contribution in [0.25, 0.3) is 0 Å². The van der Waals surface area contributed by atoms with Crippen molar-refractivity contribution in [1.29, 1.82) is 0 Å². The molecule has 4 nitrogen and oxygen atoms in total. The van der Waals surface area contributed by atoms with Crippen molar-refractivity contribution >= 4 is 11.9 Å². The molecule has 0 saturated heterocycles. The van der Waals surface area contributed by atoms with Gasteiger partial charge in [-0.1, -0.05) is 19.1 Å². The second-order valence-electron chi connectivity index (χ2n) is 3.60. The second-order valence-corrected chi connectivity index (χ2v) is 3.60. The molecule has 0 amide bonds. The number of benzene rings is 1. The lowest BCUT2D eigenvalue weighted by molar-refractivity contribution is -0.142. The molecule has 1 unspecified atom stereocenters. The molecule has 0 aliphatic carbocycles. The lowest BCUT2D eigenvalue weighted by Gasteiger charge is -2.12. The predicted octanol–water partition coefficient (Wildman–Crippen LogP) is 2.14. The summed E-state index contributed by atoms with van der Waals surface area (Å²) in [6, 6.07) is 6.79. The molecule has 1 aromatic rings. The maximum Gasteiger partial charge on any atom is 0.337 e. The van der Waals surface area contributed by atoms with Crippen molar-refractivity contribution in [3.63, 3.8) is 0 Å². The topological polar surface area (TPSA) is 52.6 Å². The van der Waals surface area contributed by atoms with E-state index in [9.17, 15) is 9.59 Å². The van der Waals surface area contributed by atoms with E-state index in [-0.39, 0.29) is 17.9 Å². The van der Waals surface area contributed by atoms with Crippen molar-refractivity contribution in [2.45, 2.75) is 19.3 Å².